The van der Waals surface area contributed by atoms with Gasteiger partial charge in [0.15, 0.2) is 0 Å². The van der Waals surface area contributed by atoms with Crippen LogP contribution in [0.1, 0.15) is 285 Å². The first-order valence-corrected chi connectivity index (χ1v) is 25.0. The van der Waals surface area contributed by atoms with Crippen LogP contribution in [-0.4, -0.2) is 21.1 Å². The third-order valence-electron chi connectivity index (χ3n) is 11.0. The Kier molecular flexibility index (Phi) is 50.1. The molecular weight excluding hydrogens is 688 g/mol. The molecule has 0 aromatic heterocycles. The Morgan fingerprint density at radius 3 is 0.808 bits per heavy atom. The molecule has 0 aliphatic carbocycles. The molecule has 0 aliphatic rings. The second-order valence-corrected chi connectivity index (χ2v) is 17.5. The molecule has 0 radical (unpaired) electrons. The molecule has 6 heteroatoms. The Bertz CT molecular complexity index is 754. The second kappa shape index (κ2) is 46.9. The minimum Gasteiger partial charge on any atom is -1.00 e. The zero-order valence-corrected chi connectivity index (χ0v) is 40.3. The first-order chi connectivity index (χ1) is 25.1. The fourth-order valence-corrected chi connectivity index (χ4v) is 8.40. The average Bonchev–Trinajstić information content (AvgIpc) is 3.12. The molecule has 0 aromatic carbocycles. The predicted molar refractivity (Wildman–Crippen MR) is 227 cm³/mol. The van der Waals surface area contributed by atoms with E-state index in [1.54, 1.807) is 0 Å². The summed E-state index contributed by atoms with van der Waals surface area (Å²) in [6, 6.07) is 0. The topological polar surface area (TPSA) is 52.6 Å². The third-order valence-corrected chi connectivity index (χ3v) is 12.0. The van der Waals surface area contributed by atoms with Gasteiger partial charge in [-0.25, -0.2) is 8.37 Å². The van der Waals surface area contributed by atoms with E-state index < -0.39 is 10.4 Å². The Hall–Kier alpha value is 1.51. The molecule has 0 heterocycles. The van der Waals surface area contributed by atoms with Crippen LogP contribution < -0.4 is 51.4 Å². The van der Waals surface area contributed by atoms with Crippen LogP contribution in [0.2, 0.25) is 0 Å². The molecule has 1 unspecified atom stereocenters. The van der Waals surface area contributed by atoms with E-state index in [0.717, 1.165) is 38.5 Å². The summed E-state index contributed by atoms with van der Waals surface area (Å²) in [6.07, 6.45) is 52.5. The van der Waals surface area contributed by atoms with Gasteiger partial charge in [0.1, 0.15) is 0 Å². The minimum atomic E-state index is -3.93. The maximum atomic E-state index is 12.8. The Balaban J connectivity index is -0.0000125. The standard InChI is InChI=1S/C46H94O4S.K.H/c1-4-7-10-13-16-19-22-24-26-28-30-32-35-38-41-44-46(43-40-37-34-31-29-27-25-23-20-17-14-11-8-5-2)50-51(47,48)49-45-42-39-36-33-21-18-15-12-9-6-3;;/h46H,4-45H2,1-3H3;;/q;+1;-1. The number of hydrogen-bond acceptors (Lipinski definition) is 4. The second-order valence-electron chi connectivity index (χ2n) is 16.3. The summed E-state index contributed by atoms with van der Waals surface area (Å²) in [5.74, 6) is 0. The van der Waals surface area contributed by atoms with Gasteiger partial charge in [0.05, 0.1) is 12.7 Å². The average molecular weight is 783 g/mol. The Labute approximate surface area is 373 Å². The van der Waals surface area contributed by atoms with Gasteiger partial charge < -0.3 is 1.43 Å². The zero-order chi connectivity index (χ0) is 37.2. The van der Waals surface area contributed by atoms with Crippen molar-refractivity contribution in [3.05, 3.63) is 0 Å². The van der Waals surface area contributed by atoms with Crippen LogP contribution in [0.25, 0.3) is 0 Å². The summed E-state index contributed by atoms with van der Waals surface area (Å²) in [4.78, 5) is 0. The molecule has 0 rings (SSSR count). The van der Waals surface area contributed by atoms with E-state index in [1.165, 1.54) is 225 Å². The maximum Gasteiger partial charge on any atom is 1.00 e. The van der Waals surface area contributed by atoms with Crippen molar-refractivity contribution in [1.29, 1.82) is 0 Å². The van der Waals surface area contributed by atoms with Crippen molar-refractivity contribution in [2.75, 3.05) is 6.61 Å². The molecule has 0 amide bonds. The fourth-order valence-electron chi connectivity index (χ4n) is 7.50. The minimum absolute atomic E-state index is 0. The summed E-state index contributed by atoms with van der Waals surface area (Å²) >= 11 is 0. The predicted octanol–water partition coefficient (Wildman–Crippen LogP) is 13.8. The van der Waals surface area contributed by atoms with Crippen LogP contribution in [-0.2, 0) is 18.8 Å². The molecule has 0 aromatic rings. The summed E-state index contributed by atoms with van der Waals surface area (Å²) < 4.78 is 36.6. The van der Waals surface area contributed by atoms with Crippen molar-refractivity contribution < 1.29 is 69.6 Å². The first-order valence-electron chi connectivity index (χ1n) is 23.6. The quantitative estimate of drug-likeness (QED) is 0.0456. The van der Waals surface area contributed by atoms with Gasteiger partial charge in [0.2, 0.25) is 0 Å². The Morgan fingerprint density at radius 2 is 0.558 bits per heavy atom. The van der Waals surface area contributed by atoms with Crippen LogP contribution in [0.5, 0.6) is 0 Å². The van der Waals surface area contributed by atoms with Gasteiger partial charge in [-0.15, -0.1) is 0 Å². The molecular formula is C46H95KO4S. The number of hydrogen-bond donors (Lipinski definition) is 0. The molecule has 0 fully saturated rings. The van der Waals surface area contributed by atoms with Crippen molar-refractivity contribution in [2.45, 2.75) is 290 Å². The molecule has 310 valence electrons. The van der Waals surface area contributed by atoms with E-state index in [2.05, 4.69) is 20.8 Å². The van der Waals surface area contributed by atoms with Gasteiger partial charge in [-0.3, -0.25) is 0 Å². The van der Waals surface area contributed by atoms with Gasteiger partial charge in [-0.2, -0.15) is 8.42 Å². The van der Waals surface area contributed by atoms with Crippen molar-refractivity contribution in [2.24, 2.45) is 0 Å². The molecule has 0 bridgehead atoms. The summed E-state index contributed by atoms with van der Waals surface area (Å²) in [5, 5.41) is 0. The van der Waals surface area contributed by atoms with Crippen molar-refractivity contribution in [3.63, 3.8) is 0 Å². The number of unbranched alkanes of at least 4 members (excludes halogenated alkanes) is 36. The largest absolute Gasteiger partial charge is 1.00 e. The van der Waals surface area contributed by atoms with Gasteiger partial charge in [-0.05, 0) is 19.3 Å². The van der Waals surface area contributed by atoms with Crippen LogP contribution in [0.4, 0.5) is 0 Å². The summed E-state index contributed by atoms with van der Waals surface area (Å²) in [7, 11) is -3.93. The molecule has 4 nitrogen and oxygen atoms in total. The maximum absolute atomic E-state index is 12.8. The van der Waals surface area contributed by atoms with E-state index in [0.29, 0.717) is 0 Å². The summed E-state index contributed by atoms with van der Waals surface area (Å²) in [6.45, 7) is 7.09. The molecule has 0 aliphatic heterocycles. The molecule has 0 saturated carbocycles. The molecule has 0 spiro atoms. The van der Waals surface area contributed by atoms with Gasteiger partial charge in [0.25, 0.3) is 0 Å². The van der Waals surface area contributed by atoms with Crippen molar-refractivity contribution >= 4 is 10.4 Å². The summed E-state index contributed by atoms with van der Waals surface area (Å²) in [5.41, 5.74) is 0. The smallest absolute Gasteiger partial charge is 1.00 e. The van der Waals surface area contributed by atoms with Crippen molar-refractivity contribution in [1.82, 2.24) is 0 Å². The van der Waals surface area contributed by atoms with E-state index >= 15 is 0 Å². The van der Waals surface area contributed by atoms with Crippen LogP contribution in [0.15, 0.2) is 0 Å². The van der Waals surface area contributed by atoms with Gasteiger partial charge in [0, 0.05) is 0 Å². The Morgan fingerprint density at radius 1 is 0.346 bits per heavy atom. The van der Waals surface area contributed by atoms with Gasteiger partial charge >= 0.3 is 61.8 Å². The molecule has 52 heavy (non-hydrogen) atoms. The van der Waals surface area contributed by atoms with Crippen LogP contribution in [0, 0.1) is 0 Å². The zero-order valence-electron chi connectivity index (χ0n) is 37.3. The molecule has 0 saturated heterocycles. The van der Waals surface area contributed by atoms with E-state index in [-0.39, 0.29) is 65.5 Å². The van der Waals surface area contributed by atoms with Crippen LogP contribution in [0.3, 0.4) is 0 Å². The fraction of sp³-hybridized carbons (Fsp3) is 1.00. The monoisotopic (exact) mass is 783 g/mol. The third kappa shape index (κ3) is 45.9. The number of rotatable bonds is 45. The SMILES string of the molecule is CCCCCCCCCCCCCCCCCC(CCCCCCCCCCCCCCCC)OS(=O)(=O)OCCCCCCCCCCCC.[H-].[K+]. The van der Waals surface area contributed by atoms with Gasteiger partial charge in [-0.1, -0.05) is 265 Å². The molecule has 1 atom stereocenters. The van der Waals surface area contributed by atoms with E-state index in [1.807, 2.05) is 0 Å². The van der Waals surface area contributed by atoms with Crippen molar-refractivity contribution in [3.8, 4) is 0 Å². The normalized spacial score (nSPS) is 12.4. The van der Waals surface area contributed by atoms with E-state index in [4.69, 9.17) is 8.37 Å². The molecule has 0 N–H and O–H groups in total. The first kappa shape index (κ1) is 55.6. The van der Waals surface area contributed by atoms with Crippen LogP contribution >= 0.6 is 0 Å². The van der Waals surface area contributed by atoms with E-state index in [9.17, 15) is 8.42 Å².